The summed E-state index contributed by atoms with van der Waals surface area (Å²) in [6.45, 7) is 16.1. The third-order valence-electron chi connectivity index (χ3n) is 5.07. The first-order valence-electron chi connectivity index (χ1n) is 9.03. The number of ether oxygens (including phenoxy) is 1. The van der Waals surface area contributed by atoms with E-state index >= 15 is 0 Å². The third-order valence-corrected chi connectivity index (χ3v) is 5.07. The smallest absolute Gasteiger partial charge is 0.123 e. The highest BCUT2D eigenvalue weighted by Crippen LogP contribution is 2.42. The maximum atomic E-state index is 10.8. The molecule has 1 aromatic carbocycles. The van der Waals surface area contributed by atoms with Gasteiger partial charge in [0.25, 0.3) is 0 Å². The SMILES string of the molecule is CCC1CCC(c2cc(C(C)(C)C)c(O)c(C(C)(C)C)c2)OC1. The molecule has 23 heavy (non-hydrogen) atoms. The maximum Gasteiger partial charge on any atom is 0.123 e. The van der Waals surface area contributed by atoms with Gasteiger partial charge in [-0.1, -0.05) is 54.9 Å². The lowest BCUT2D eigenvalue weighted by atomic mass is 9.77. The molecular formula is C21H34O2. The van der Waals surface area contributed by atoms with Crippen LogP contribution in [0.15, 0.2) is 12.1 Å². The molecule has 1 fully saturated rings. The zero-order valence-corrected chi connectivity index (χ0v) is 16.0. The van der Waals surface area contributed by atoms with Crippen molar-refractivity contribution in [1.29, 1.82) is 0 Å². The zero-order chi connectivity index (χ0) is 17.4. The van der Waals surface area contributed by atoms with E-state index in [1.165, 1.54) is 18.4 Å². The molecule has 2 unspecified atom stereocenters. The van der Waals surface area contributed by atoms with Gasteiger partial charge in [0.1, 0.15) is 5.75 Å². The van der Waals surface area contributed by atoms with E-state index in [0.29, 0.717) is 11.7 Å². The summed E-state index contributed by atoms with van der Waals surface area (Å²) < 4.78 is 6.16. The van der Waals surface area contributed by atoms with Crippen molar-refractivity contribution in [3.63, 3.8) is 0 Å². The highest BCUT2D eigenvalue weighted by atomic mass is 16.5. The molecule has 0 spiro atoms. The van der Waals surface area contributed by atoms with Crippen molar-refractivity contribution in [3.8, 4) is 5.75 Å². The van der Waals surface area contributed by atoms with Crippen molar-refractivity contribution in [2.75, 3.05) is 6.61 Å². The van der Waals surface area contributed by atoms with E-state index in [9.17, 15) is 5.11 Å². The van der Waals surface area contributed by atoms with Crippen LogP contribution in [-0.4, -0.2) is 11.7 Å². The standard InChI is InChI=1S/C21H34O2/c1-8-14-9-10-18(23-13-14)15-11-16(20(2,3)4)19(22)17(12-15)21(5,6)7/h11-12,14,18,22H,8-10,13H2,1-7H3. The fourth-order valence-electron chi connectivity index (χ4n) is 3.38. The minimum absolute atomic E-state index is 0.0826. The van der Waals surface area contributed by atoms with Gasteiger partial charge in [-0.15, -0.1) is 0 Å². The normalized spacial score (nSPS) is 23.1. The molecule has 1 N–H and O–H groups in total. The van der Waals surface area contributed by atoms with E-state index in [4.69, 9.17) is 4.74 Å². The Balaban J connectivity index is 2.44. The first-order valence-corrected chi connectivity index (χ1v) is 9.03. The van der Waals surface area contributed by atoms with Gasteiger partial charge in [0.2, 0.25) is 0 Å². The number of hydrogen-bond acceptors (Lipinski definition) is 2. The molecule has 0 bridgehead atoms. The maximum absolute atomic E-state index is 10.8. The molecule has 2 heteroatoms. The third kappa shape index (κ3) is 4.09. The molecule has 2 atom stereocenters. The van der Waals surface area contributed by atoms with Crippen LogP contribution in [0.2, 0.25) is 0 Å². The van der Waals surface area contributed by atoms with E-state index in [1.54, 1.807) is 0 Å². The lowest BCUT2D eigenvalue weighted by molar-refractivity contribution is -0.0182. The van der Waals surface area contributed by atoms with E-state index in [0.717, 1.165) is 24.2 Å². The second-order valence-electron chi connectivity index (χ2n) is 9.14. The monoisotopic (exact) mass is 318 g/mol. The van der Waals surface area contributed by atoms with Crippen LogP contribution in [0.3, 0.4) is 0 Å². The quantitative estimate of drug-likeness (QED) is 0.739. The average Bonchev–Trinajstić information content (AvgIpc) is 2.45. The number of phenols is 1. The van der Waals surface area contributed by atoms with Crippen molar-refractivity contribution < 1.29 is 9.84 Å². The Morgan fingerprint density at radius 2 is 1.52 bits per heavy atom. The highest BCUT2D eigenvalue weighted by Gasteiger charge is 2.29. The molecule has 0 radical (unpaired) electrons. The van der Waals surface area contributed by atoms with Crippen LogP contribution in [0.1, 0.15) is 90.5 Å². The summed E-state index contributed by atoms with van der Waals surface area (Å²) in [6.07, 6.45) is 3.68. The number of benzene rings is 1. The van der Waals surface area contributed by atoms with Crippen molar-refractivity contribution >= 4 is 0 Å². The average molecular weight is 319 g/mol. The molecule has 1 aliphatic heterocycles. The van der Waals surface area contributed by atoms with Gasteiger partial charge in [-0.05, 0) is 58.4 Å². The molecule has 1 aliphatic rings. The Hall–Kier alpha value is -1.02. The van der Waals surface area contributed by atoms with E-state index in [2.05, 4.69) is 60.6 Å². The van der Waals surface area contributed by atoms with E-state index in [-0.39, 0.29) is 16.9 Å². The van der Waals surface area contributed by atoms with Gasteiger partial charge >= 0.3 is 0 Å². The minimum atomic E-state index is -0.0826. The summed E-state index contributed by atoms with van der Waals surface area (Å²) in [5.41, 5.74) is 3.12. The van der Waals surface area contributed by atoms with Gasteiger partial charge in [0.15, 0.2) is 0 Å². The van der Waals surface area contributed by atoms with Crippen LogP contribution in [-0.2, 0) is 15.6 Å². The number of hydrogen-bond donors (Lipinski definition) is 1. The molecule has 1 aromatic rings. The summed E-state index contributed by atoms with van der Waals surface area (Å²) in [6, 6.07) is 4.34. The summed E-state index contributed by atoms with van der Waals surface area (Å²) in [7, 11) is 0. The lowest BCUT2D eigenvalue weighted by Crippen LogP contribution is -2.22. The molecule has 0 saturated carbocycles. The van der Waals surface area contributed by atoms with Crippen LogP contribution in [0.25, 0.3) is 0 Å². The highest BCUT2D eigenvalue weighted by molar-refractivity contribution is 5.50. The zero-order valence-electron chi connectivity index (χ0n) is 16.0. The Morgan fingerprint density at radius 3 is 1.87 bits per heavy atom. The van der Waals surface area contributed by atoms with Crippen LogP contribution < -0.4 is 0 Å². The van der Waals surface area contributed by atoms with E-state index in [1.807, 2.05) is 0 Å². The fourth-order valence-corrected chi connectivity index (χ4v) is 3.38. The van der Waals surface area contributed by atoms with Crippen LogP contribution in [0, 0.1) is 5.92 Å². The van der Waals surface area contributed by atoms with Crippen molar-refractivity contribution in [2.45, 2.75) is 84.7 Å². The molecule has 1 heterocycles. The number of rotatable bonds is 2. The second-order valence-corrected chi connectivity index (χ2v) is 9.14. The molecular weight excluding hydrogens is 284 g/mol. The molecule has 2 nitrogen and oxygen atoms in total. The van der Waals surface area contributed by atoms with Crippen molar-refractivity contribution in [1.82, 2.24) is 0 Å². The Morgan fingerprint density at radius 1 is 1.00 bits per heavy atom. The molecule has 2 rings (SSSR count). The van der Waals surface area contributed by atoms with E-state index < -0.39 is 0 Å². The first-order chi connectivity index (χ1) is 10.5. The number of aromatic hydroxyl groups is 1. The molecule has 0 aliphatic carbocycles. The predicted octanol–water partition coefficient (Wildman–Crippen LogP) is 5.86. The van der Waals surface area contributed by atoms with Gasteiger partial charge in [0, 0.05) is 0 Å². The van der Waals surface area contributed by atoms with Crippen LogP contribution >= 0.6 is 0 Å². The predicted molar refractivity (Wildman–Crippen MR) is 97.2 cm³/mol. The molecule has 130 valence electrons. The first kappa shape index (κ1) is 18.3. The Labute approximate surface area is 142 Å². The Bertz CT molecular complexity index is 503. The van der Waals surface area contributed by atoms with Crippen molar-refractivity contribution in [2.24, 2.45) is 5.92 Å². The fraction of sp³-hybridized carbons (Fsp3) is 0.714. The van der Waals surface area contributed by atoms with Crippen LogP contribution in [0.4, 0.5) is 0 Å². The van der Waals surface area contributed by atoms with Gasteiger partial charge < -0.3 is 9.84 Å². The minimum Gasteiger partial charge on any atom is -0.507 e. The molecule has 0 aromatic heterocycles. The van der Waals surface area contributed by atoms with Crippen molar-refractivity contribution in [3.05, 3.63) is 28.8 Å². The lowest BCUT2D eigenvalue weighted by Gasteiger charge is -2.32. The second kappa shape index (κ2) is 6.47. The van der Waals surface area contributed by atoms with Gasteiger partial charge in [-0.2, -0.15) is 0 Å². The summed E-state index contributed by atoms with van der Waals surface area (Å²) in [5.74, 6) is 1.16. The molecule has 1 saturated heterocycles. The topological polar surface area (TPSA) is 29.5 Å². The largest absolute Gasteiger partial charge is 0.507 e. The van der Waals surface area contributed by atoms with Gasteiger partial charge in [0.05, 0.1) is 12.7 Å². The van der Waals surface area contributed by atoms with Crippen LogP contribution in [0.5, 0.6) is 5.75 Å². The summed E-state index contributed by atoms with van der Waals surface area (Å²) >= 11 is 0. The molecule has 0 amide bonds. The van der Waals surface area contributed by atoms with Gasteiger partial charge in [-0.3, -0.25) is 0 Å². The Kier molecular flexibility index (Phi) is 5.15. The van der Waals surface area contributed by atoms with Gasteiger partial charge in [-0.25, -0.2) is 0 Å². The number of phenolic OH excluding ortho intramolecular Hbond substituents is 1. The summed E-state index contributed by atoms with van der Waals surface area (Å²) in [5, 5.41) is 10.8. The summed E-state index contributed by atoms with van der Waals surface area (Å²) in [4.78, 5) is 0.